The van der Waals surface area contributed by atoms with E-state index in [4.69, 9.17) is 0 Å². The molecule has 2 nitrogen and oxygen atoms in total. The number of imidazole rings is 1. The number of hydrogen-bond acceptors (Lipinski definition) is 1. The molecule has 1 heterocycles. The molecule has 0 aliphatic heterocycles. The molecule has 102 valence electrons. The predicted octanol–water partition coefficient (Wildman–Crippen LogP) is 4.39. The Bertz CT molecular complexity index is 462. The molecule has 19 heavy (non-hydrogen) atoms. The van der Waals surface area contributed by atoms with Crippen molar-refractivity contribution in [2.45, 2.75) is 45.1 Å². The molecule has 0 fully saturated rings. The van der Waals surface area contributed by atoms with Gasteiger partial charge < -0.3 is 4.57 Å². The molecule has 1 aromatic carbocycles. The Balaban J connectivity index is 2.06. The summed E-state index contributed by atoms with van der Waals surface area (Å²) in [5.41, 5.74) is 1.21. The minimum atomic E-state index is -0.168. The molecule has 3 heteroatoms. The van der Waals surface area contributed by atoms with Crippen LogP contribution >= 0.6 is 0 Å². The number of hydrogen-bond donors (Lipinski definition) is 0. The number of benzene rings is 1. The molecule has 2 rings (SSSR count). The molecule has 0 spiro atoms. The maximum Gasteiger partial charge on any atom is 0.123 e. The van der Waals surface area contributed by atoms with E-state index in [-0.39, 0.29) is 5.82 Å². The van der Waals surface area contributed by atoms with Crippen LogP contribution in [0.15, 0.2) is 43.0 Å². The second-order valence-electron chi connectivity index (χ2n) is 5.00. The molecule has 0 aliphatic carbocycles. The predicted molar refractivity (Wildman–Crippen MR) is 75.5 cm³/mol. The van der Waals surface area contributed by atoms with Gasteiger partial charge in [0.15, 0.2) is 0 Å². The first-order valence-corrected chi connectivity index (χ1v) is 7.00. The first-order valence-electron chi connectivity index (χ1n) is 7.00. The molecule has 0 saturated carbocycles. The van der Waals surface area contributed by atoms with Gasteiger partial charge in [-0.15, -0.1) is 0 Å². The van der Waals surface area contributed by atoms with Gasteiger partial charge in [-0.05, 0) is 24.1 Å². The molecular formula is C16H21FN2. The van der Waals surface area contributed by atoms with E-state index in [2.05, 4.69) is 16.5 Å². The van der Waals surface area contributed by atoms with E-state index >= 15 is 0 Å². The van der Waals surface area contributed by atoms with Crippen LogP contribution in [-0.2, 0) is 6.54 Å². The summed E-state index contributed by atoms with van der Waals surface area (Å²) in [5, 5.41) is 0. The van der Waals surface area contributed by atoms with Crippen molar-refractivity contribution in [1.82, 2.24) is 9.55 Å². The number of halogens is 1. The largest absolute Gasteiger partial charge is 0.337 e. The normalized spacial score (nSPS) is 12.5. The second kappa shape index (κ2) is 7.07. The lowest BCUT2D eigenvalue weighted by Crippen LogP contribution is -2.08. The zero-order valence-electron chi connectivity index (χ0n) is 11.4. The first kappa shape index (κ1) is 13.8. The van der Waals surface area contributed by atoms with Gasteiger partial charge in [-0.3, -0.25) is 0 Å². The topological polar surface area (TPSA) is 17.8 Å². The quantitative estimate of drug-likeness (QED) is 0.675. The van der Waals surface area contributed by atoms with E-state index in [1.54, 1.807) is 18.3 Å². The van der Waals surface area contributed by atoms with Gasteiger partial charge in [-0.1, -0.05) is 38.3 Å². The number of unbranched alkanes of at least 4 members (excludes halogenated alkanes) is 2. The molecule has 0 radical (unpaired) electrons. The molecule has 0 amide bonds. The monoisotopic (exact) mass is 260 g/mol. The van der Waals surface area contributed by atoms with Crippen molar-refractivity contribution in [3.8, 4) is 0 Å². The molecule has 1 aromatic heterocycles. The summed E-state index contributed by atoms with van der Waals surface area (Å²) in [7, 11) is 0. The molecule has 0 bridgehead atoms. The number of nitrogens with zero attached hydrogens (tertiary/aromatic N) is 2. The third-order valence-corrected chi connectivity index (χ3v) is 3.49. The maximum atomic E-state index is 13.0. The lowest BCUT2D eigenvalue weighted by Gasteiger charge is -2.18. The van der Waals surface area contributed by atoms with Gasteiger partial charge in [-0.25, -0.2) is 9.37 Å². The standard InChI is InChI=1S/C16H21FN2/c1-2-3-4-5-15(12-19-11-10-18-13-19)14-6-8-16(17)9-7-14/h6-11,13,15H,2-5,12H2,1H3. The summed E-state index contributed by atoms with van der Waals surface area (Å²) in [6, 6.07) is 6.91. The van der Waals surface area contributed by atoms with Gasteiger partial charge in [0, 0.05) is 24.9 Å². The Labute approximate surface area is 114 Å². The number of aromatic nitrogens is 2. The summed E-state index contributed by atoms with van der Waals surface area (Å²) in [6.45, 7) is 3.12. The van der Waals surface area contributed by atoms with E-state index < -0.39 is 0 Å². The Hall–Kier alpha value is -1.64. The Morgan fingerprint density at radius 2 is 2.00 bits per heavy atom. The van der Waals surface area contributed by atoms with Crippen LogP contribution in [0.2, 0.25) is 0 Å². The fourth-order valence-corrected chi connectivity index (χ4v) is 2.39. The van der Waals surface area contributed by atoms with Crippen molar-refractivity contribution in [2.24, 2.45) is 0 Å². The second-order valence-corrected chi connectivity index (χ2v) is 5.00. The Morgan fingerprint density at radius 3 is 2.63 bits per heavy atom. The lowest BCUT2D eigenvalue weighted by molar-refractivity contribution is 0.496. The van der Waals surface area contributed by atoms with Gasteiger partial charge in [0.25, 0.3) is 0 Å². The zero-order valence-corrected chi connectivity index (χ0v) is 11.4. The van der Waals surface area contributed by atoms with Crippen LogP contribution in [0, 0.1) is 5.82 Å². The SMILES string of the molecule is CCCCCC(Cn1ccnc1)c1ccc(F)cc1. The van der Waals surface area contributed by atoms with Crippen molar-refractivity contribution in [1.29, 1.82) is 0 Å². The van der Waals surface area contributed by atoms with Crippen LogP contribution in [0.3, 0.4) is 0 Å². The molecular weight excluding hydrogens is 239 g/mol. The van der Waals surface area contributed by atoms with Gasteiger partial charge >= 0.3 is 0 Å². The van der Waals surface area contributed by atoms with Crippen molar-refractivity contribution >= 4 is 0 Å². The molecule has 0 saturated heterocycles. The van der Waals surface area contributed by atoms with Crippen LogP contribution < -0.4 is 0 Å². The highest BCUT2D eigenvalue weighted by Crippen LogP contribution is 2.24. The van der Waals surface area contributed by atoms with E-state index in [1.807, 2.05) is 24.7 Å². The average Bonchev–Trinajstić information content (AvgIpc) is 2.92. The van der Waals surface area contributed by atoms with Crippen LogP contribution in [0.5, 0.6) is 0 Å². The van der Waals surface area contributed by atoms with Crippen LogP contribution in [0.1, 0.15) is 44.1 Å². The summed E-state index contributed by atoms with van der Waals surface area (Å²) in [5.74, 6) is 0.264. The van der Waals surface area contributed by atoms with Crippen LogP contribution in [0.25, 0.3) is 0 Å². The van der Waals surface area contributed by atoms with E-state index in [0.29, 0.717) is 5.92 Å². The van der Waals surface area contributed by atoms with Gasteiger partial charge in [-0.2, -0.15) is 0 Å². The summed E-state index contributed by atoms with van der Waals surface area (Å²) < 4.78 is 15.1. The fourth-order valence-electron chi connectivity index (χ4n) is 2.39. The van der Waals surface area contributed by atoms with Crippen molar-refractivity contribution in [3.05, 3.63) is 54.4 Å². The van der Waals surface area contributed by atoms with Crippen LogP contribution in [0.4, 0.5) is 4.39 Å². The Kier molecular flexibility index (Phi) is 5.13. The molecule has 1 atom stereocenters. The first-order chi connectivity index (χ1) is 9.29. The highest BCUT2D eigenvalue weighted by molar-refractivity contribution is 5.20. The smallest absolute Gasteiger partial charge is 0.123 e. The minimum absolute atomic E-state index is 0.168. The highest BCUT2D eigenvalue weighted by Gasteiger charge is 2.12. The Morgan fingerprint density at radius 1 is 1.21 bits per heavy atom. The van der Waals surface area contributed by atoms with Gasteiger partial charge in [0.2, 0.25) is 0 Å². The van der Waals surface area contributed by atoms with Crippen molar-refractivity contribution in [3.63, 3.8) is 0 Å². The third kappa shape index (κ3) is 4.19. The van der Waals surface area contributed by atoms with Crippen molar-refractivity contribution in [2.75, 3.05) is 0 Å². The number of rotatable bonds is 7. The third-order valence-electron chi connectivity index (χ3n) is 3.49. The highest BCUT2D eigenvalue weighted by atomic mass is 19.1. The maximum absolute atomic E-state index is 13.0. The summed E-state index contributed by atoms with van der Waals surface area (Å²) in [6.07, 6.45) is 10.5. The van der Waals surface area contributed by atoms with E-state index in [1.165, 1.54) is 24.8 Å². The minimum Gasteiger partial charge on any atom is -0.337 e. The molecule has 1 unspecified atom stereocenters. The van der Waals surface area contributed by atoms with Gasteiger partial charge in [0.05, 0.1) is 6.33 Å². The van der Waals surface area contributed by atoms with E-state index in [9.17, 15) is 4.39 Å². The molecule has 2 aromatic rings. The van der Waals surface area contributed by atoms with Crippen LogP contribution in [-0.4, -0.2) is 9.55 Å². The molecule has 0 N–H and O–H groups in total. The van der Waals surface area contributed by atoms with E-state index in [0.717, 1.165) is 13.0 Å². The molecule has 0 aliphatic rings. The average molecular weight is 260 g/mol. The summed E-state index contributed by atoms with van der Waals surface area (Å²) >= 11 is 0. The summed E-state index contributed by atoms with van der Waals surface area (Å²) in [4.78, 5) is 4.08. The van der Waals surface area contributed by atoms with Crippen molar-refractivity contribution < 1.29 is 4.39 Å². The zero-order chi connectivity index (χ0) is 13.5. The lowest BCUT2D eigenvalue weighted by atomic mass is 9.93. The van der Waals surface area contributed by atoms with Gasteiger partial charge in [0.1, 0.15) is 5.82 Å². The fraction of sp³-hybridized carbons (Fsp3) is 0.438.